The molecule has 0 radical (unpaired) electrons. The Balaban J connectivity index is 0.00000128. The quantitative estimate of drug-likeness (QED) is 0.888. The predicted molar refractivity (Wildman–Crippen MR) is 72.1 cm³/mol. The van der Waals surface area contributed by atoms with E-state index >= 15 is 0 Å². The highest BCUT2D eigenvalue weighted by Gasteiger charge is 2.23. The van der Waals surface area contributed by atoms with Crippen LogP contribution in [0.3, 0.4) is 0 Å². The van der Waals surface area contributed by atoms with Gasteiger partial charge < -0.3 is 10.2 Å². The highest BCUT2D eigenvalue weighted by molar-refractivity contribution is 5.93. The molecule has 4 nitrogen and oxygen atoms in total. The summed E-state index contributed by atoms with van der Waals surface area (Å²) in [6.45, 7) is 1.89. The summed E-state index contributed by atoms with van der Waals surface area (Å²) < 4.78 is 0. The van der Waals surface area contributed by atoms with Gasteiger partial charge in [0.15, 0.2) is 0 Å². The van der Waals surface area contributed by atoms with Crippen molar-refractivity contribution in [2.75, 3.05) is 20.1 Å². The maximum atomic E-state index is 12.0. The largest absolute Gasteiger partial charge is 0.337 e. The lowest BCUT2D eigenvalue weighted by atomic mass is 10.2. The fraction of sp³-hybridized carbons (Fsp3) is 0.455. The number of hydrogen-bond acceptors (Lipinski definition) is 3. The van der Waals surface area contributed by atoms with Crippen molar-refractivity contribution < 1.29 is 4.79 Å². The minimum Gasteiger partial charge on any atom is -0.337 e. The molecule has 6 heteroatoms. The maximum Gasteiger partial charge on any atom is 0.255 e. The molecule has 0 spiro atoms. The first kappa shape index (κ1) is 16.2. The molecule has 1 aromatic heterocycles. The van der Waals surface area contributed by atoms with E-state index in [4.69, 9.17) is 0 Å². The Kier molecular flexibility index (Phi) is 7.11. The molecule has 17 heavy (non-hydrogen) atoms. The SMILES string of the molecule is CN(C(=O)c1cccnc1)C1CCNC1.Cl.Cl. The summed E-state index contributed by atoms with van der Waals surface area (Å²) in [5, 5.41) is 3.25. The van der Waals surface area contributed by atoms with Crippen molar-refractivity contribution >= 4 is 30.7 Å². The summed E-state index contributed by atoms with van der Waals surface area (Å²) in [6.07, 6.45) is 4.32. The van der Waals surface area contributed by atoms with Gasteiger partial charge >= 0.3 is 0 Å². The molecule has 2 heterocycles. The first-order valence-corrected chi connectivity index (χ1v) is 5.17. The number of nitrogens with zero attached hydrogens (tertiary/aromatic N) is 2. The summed E-state index contributed by atoms with van der Waals surface area (Å²) in [6, 6.07) is 3.90. The number of carbonyl (C=O) groups excluding carboxylic acids is 1. The van der Waals surface area contributed by atoms with Gasteiger partial charge in [-0.1, -0.05) is 0 Å². The van der Waals surface area contributed by atoms with Gasteiger partial charge in [0, 0.05) is 32.0 Å². The van der Waals surface area contributed by atoms with Gasteiger partial charge in [0.25, 0.3) is 5.91 Å². The molecule has 1 aliphatic rings. The van der Waals surface area contributed by atoms with Crippen LogP contribution in [0.4, 0.5) is 0 Å². The van der Waals surface area contributed by atoms with Crippen molar-refractivity contribution in [2.24, 2.45) is 0 Å². The smallest absolute Gasteiger partial charge is 0.255 e. The zero-order chi connectivity index (χ0) is 10.7. The van der Waals surface area contributed by atoms with E-state index in [0.29, 0.717) is 11.6 Å². The Bertz CT molecular complexity index is 342. The zero-order valence-corrected chi connectivity index (χ0v) is 11.3. The van der Waals surface area contributed by atoms with Gasteiger partial charge in [-0.2, -0.15) is 0 Å². The van der Waals surface area contributed by atoms with Crippen molar-refractivity contribution in [3.05, 3.63) is 30.1 Å². The van der Waals surface area contributed by atoms with Crippen LogP contribution in [0.1, 0.15) is 16.8 Å². The van der Waals surface area contributed by atoms with Gasteiger partial charge in [0.1, 0.15) is 0 Å². The predicted octanol–water partition coefficient (Wildman–Crippen LogP) is 1.36. The van der Waals surface area contributed by atoms with E-state index < -0.39 is 0 Å². The Morgan fingerprint density at radius 2 is 2.29 bits per heavy atom. The second-order valence-corrected chi connectivity index (χ2v) is 3.80. The Labute approximate surface area is 114 Å². The number of pyridine rings is 1. The Morgan fingerprint density at radius 3 is 2.82 bits per heavy atom. The molecule has 1 fully saturated rings. The lowest BCUT2D eigenvalue weighted by Crippen LogP contribution is -2.38. The second kappa shape index (κ2) is 7.48. The van der Waals surface area contributed by atoms with Crippen molar-refractivity contribution in [3.8, 4) is 0 Å². The highest BCUT2D eigenvalue weighted by Crippen LogP contribution is 2.10. The van der Waals surface area contributed by atoms with E-state index in [1.165, 1.54) is 0 Å². The number of amides is 1. The van der Waals surface area contributed by atoms with E-state index in [2.05, 4.69) is 10.3 Å². The fourth-order valence-electron chi connectivity index (χ4n) is 1.83. The average molecular weight is 278 g/mol. The molecule has 0 aliphatic carbocycles. The highest BCUT2D eigenvalue weighted by atomic mass is 35.5. The van der Waals surface area contributed by atoms with Gasteiger partial charge in [0.2, 0.25) is 0 Å². The lowest BCUT2D eigenvalue weighted by Gasteiger charge is -2.23. The van der Waals surface area contributed by atoms with Gasteiger partial charge in [-0.15, -0.1) is 24.8 Å². The Hall–Kier alpha value is -0.840. The molecular formula is C11H17Cl2N3O. The van der Waals surface area contributed by atoms with Gasteiger partial charge in [0.05, 0.1) is 5.56 Å². The fourth-order valence-corrected chi connectivity index (χ4v) is 1.83. The monoisotopic (exact) mass is 277 g/mol. The summed E-state index contributed by atoms with van der Waals surface area (Å²) in [7, 11) is 1.85. The number of likely N-dealkylation sites (N-methyl/N-ethyl adjacent to an activating group) is 1. The van der Waals surface area contributed by atoms with E-state index in [0.717, 1.165) is 19.5 Å². The number of nitrogens with one attached hydrogen (secondary N) is 1. The molecule has 96 valence electrons. The van der Waals surface area contributed by atoms with Crippen LogP contribution < -0.4 is 5.32 Å². The molecule has 1 amide bonds. The average Bonchev–Trinajstić information content (AvgIpc) is 2.82. The Morgan fingerprint density at radius 1 is 1.53 bits per heavy atom. The number of carbonyl (C=O) groups is 1. The lowest BCUT2D eigenvalue weighted by molar-refractivity contribution is 0.0743. The summed E-state index contributed by atoms with van der Waals surface area (Å²) in [4.78, 5) is 17.7. The van der Waals surface area contributed by atoms with Gasteiger partial charge in [-0.05, 0) is 25.1 Å². The number of rotatable bonds is 2. The molecular weight excluding hydrogens is 261 g/mol. The topological polar surface area (TPSA) is 45.2 Å². The van der Waals surface area contributed by atoms with E-state index in [1.54, 1.807) is 29.4 Å². The molecule has 1 N–H and O–H groups in total. The summed E-state index contributed by atoms with van der Waals surface area (Å²) >= 11 is 0. The zero-order valence-electron chi connectivity index (χ0n) is 9.63. The standard InChI is InChI=1S/C11H15N3O.2ClH/c1-14(10-4-6-13-8-10)11(15)9-3-2-5-12-7-9;;/h2-3,5,7,10,13H,4,6,8H2,1H3;2*1H. The molecule has 0 bridgehead atoms. The molecule has 0 saturated carbocycles. The minimum absolute atomic E-state index is 0. The van der Waals surface area contributed by atoms with Crippen LogP contribution >= 0.6 is 24.8 Å². The van der Waals surface area contributed by atoms with Crippen molar-refractivity contribution in [1.82, 2.24) is 15.2 Å². The maximum absolute atomic E-state index is 12.0. The third kappa shape index (κ3) is 3.84. The second-order valence-electron chi connectivity index (χ2n) is 3.80. The van der Waals surface area contributed by atoms with Crippen LogP contribution in [0.5, 0.6) is 0 Å². The molecule has 1 aromatic rings. The van der Waals surface area contributed by atoms with Crippen LogP contribution in [0.15, 0.2) is 24.5 Å². The van der Waals surface area contributed by atoms with Gasteiger partial charge in [-0.25, -0.2) is 0 Å². The first-order chi connectivity index (χ1) is 7.29. The number of aromatic nitrogens is 1. The van der Waals surface area contributed by atoms with Gasteiger partial charge in [-0.3, -0.25) is 9.78 Å². The summed E-state index contributed by atoms with van der Waals surface area (Å²) in [5.74, 6) is 0.0526. The molecule has 1 aliphatic heterocycles. The molecule has 2 rings (SSSR count). The van der Waals surface area contributed by atoms with E-state index in [-0.39, 0.29) is 30.7 Å². The molecule has 1 saturated heterocycles. The first-order valence-electron chi connectivity index (χ1n) is 5.17. The number of halogens is 2. The molecule has 1 unspecified atom stereocenters. The van der Waals surface area contributed by atoms with Crippen molar-refractivity contribution in [2.45, 2.75) is 12.5 Å². The van der Waals surface area contributed by atoms with Crippen molar-refractivity contribution in [3.63, 3.8) is 0 Å². The number of hydrogen-bond donors (Lipinski definition) is 1. The van der Waals surface area contributed by atoms with Crippen molar-refractivity contribution in [1.29, 1.82) is 0 Å². The molecule has 0 aromatic carbocycles. The van der Waals surface area contributed by atoms with E-state index in [9.17, 15) is 4.79 Å². The third-order valence-electron chi connectivity index (χ3n) is 2.81. The molecule has 1 atom stereocenters. The van der Waals surface area contributed by atoms with Crippen LogP contribution in [-0.2, 0) is 0 Å². The van der Waals surface area contributed by atoms with Crippen LogP contribution in [0.25, 0.3) is 0 Å². The van der Waals surface area contributed by atoms with Crippen LogP contribution in [0, 0.1) is 0 Å². The minimum atomic E-state index is 0. The van der Waals surface area contributed by atoms with Crippen LogP contribution in [0.2, 0.25) is 0 Å². The van der Waals surface area contributed by atoms with Crippen LogP contribution in [-0.4, -0.2) is 42.0 Å². The third-order valence-corrected chi connectivity index (χ3v) is 2.81. The normalized spacial score (nSPS) is 17.8. The summed E-state index contributed by atoms with van der Waals surface area (Å²) in [5.41, 5.74) is 0.659. The van der Waals surface area contributed by atoms with E-state index in [1.807, 2.05) is 7.05 Å².